The van der Waals surface area contributed by atoms with Crippen molar-refractivity contribution >= 4 is 33.8 Å². The van der Waals surface area contributed by atoms with E-state index in [9.17, 15) is 0 Å². The van der Waals surface area contributed by atoms with Crippen molar-refractivity contribution in [3.63, 3.8) is 0 Å². The number of anilines is 2. The lowest BCUT2D eigenvalue weighted by atomic mass is 10.2. The van der Waals surface area contributed by atoms with Crippen LogP contribution in [0.25, 0.3) is 22.0 Å². The van der Waals surface area contributed by atoms with Gasteiger partial charge in [-0.25, -0.2) is 4.98 Å². The summed E-state index contributed by atoms with van der Waals surface area (Å²) in [5, 5.41) is 1.18. The summed E-state index contributed by atoms with van der Waals surface area (Å²) in [5.74, 6) is 1.04. The van der Waals surface area contributed by atoms with Crippen LogP contribution in [-0.4, -0.2) is 36.1 Å². The largest absolute Gasteiger partial charge is 0.423 e. The topological polar surface area (TPSA) is 45.4 Å². The Morgan fingerprint density at radius 3 is 2.24 bits per heavy atom. The maximum absolute atomic E-state index is 5.89. The zero-order valence-electron chi connectivity index (χ0n) is 13.8. The molecule has 0 atom stereocenters. The number of oxazole rings is 1. The first-order valence-corrected chi connectivity index (χ1v) is 8.58. The minimum Gasteiger partial charge on any atom is -0.423 e. The van der Waals surface area contributed by atoms with Crippen molar-refractivity contribution < 1.29 is 4.42 Å². The van der Waals surface area contributed by atoms with Gasteiger partial charge in [0.05, 0.1) is 5.52 Å². The average Bonchev–Trinajstić information content (AvgIpc) is 3.12. The van der Waals surface area contributed by atoms with Crippen molar-refractivity contribution in [2.75, 3.05) is 36.0 Å². The fourth-order valence-corrected chi connectivity index (χ4v) is 3.35. The number of piperazine rings is 1. The predicted octanol–water partition coefficient (Wildman–Crippen LogP) is 3.70. The lowest BCUT2D eigenvalue weighted by Crippen LogP contribution is -2.47. The van der Waals surface area contributed by atoms with Crippen LogP contribution in [0.4, 0.5) is 11.8 Å². The fraction of sp³-hybridized carbons (Fsp3) is 0.200. The number of nitrogens with zero attached hydrogens (tertiary/aromatic N) is 4. The highest BCUT2D eigenvalue weighted by Gasteiger charge is 2.21. The Hall–Kier alpha value is -3.08. The SMILES string of the molecule is c1ccc2nc(N3CCN(c4nc5ccccc5o4)CC3)ccc2c1. The van der Waals surface area contributed by atoms with Gasteiger partial charge in [-0.15, -0.1) is 0 Å². The van der Waals surface area contributed by atoms with E-state index in [1.807, 2.05) is 36.4 Å². The van der Waals surface area contributed by atoms with Gasteiger partial charge in [-0.05, 0) is 30.3 Å². The zero-order valence-corrected chi connectivity index (χ0v) is 13.8. The standard InChI is InChI=1S/C20H18N4O/c1-2-6-16-15(5-1)9-10-19(21-16)23-11-13-24(14-12-23)20-22-17-7-3-4-8-18(17)25-20/h1-10H,11-14H2. The summed E-state index contributed by atoms with van der Waals surface area (Å²) >= 11 is 0. The van der Waals surface area contributed by atoms with Gasteiger partial charge in [0.25, 0.3) is 6.01 Å². The molecule has 5 heteroatoms. The van der Waals surface area contributed by atoms with E-state index < -0.39 is 0 Å². The molecule has 25 heavy (non-hydrogen) atoms. The van der Waals surface area contributed by atoms with Gasteiger partial charge < -0.3 is 14.2 Å². The lowest BCUT2D eigenvalue weighted by molar-refractivity contribution is 0.541. The average molecular weight is 330 g/mol. The van der Waals surface area contributed by atoms with E-state index in [4.69, 9.17) is 9.40 Å². The van der Waals surface area contributed by atoms with Crippen LogP contribution in [0.3, 0.4) is 0 Å². The lowest BCUT2D eigenvalue weighted by Gasteiger charge is -2.34. The Labute approximate surface area is 145 Å². The summed E-state index contributed by atoms with van der Waals surface area (Å²) in [5.41, 5.74) is 2.80. The third kappa shape index (κ3) is 2.58. The van der Waals surface area contributed by atoms with Gasteiger partial charge in [0.2, 0.25) is 0 Å². The van der Waals surface area contributed by atoms with Crippen LogP contribution in [0.5, 0.6) is 0 Å². The quantitative estimate of drug-likeness (QED) is 0.561. The molecule has 1 aliphatic rings. The highest BCUT2D eigenvalue weighted by atomic mass is 16.4. The summed E-state index contributed by atoms with van der Waals surface area (Å²) in [7, 11) is 0. The number of hydrogen-bond acceptors (Lipinski definition) is 5. The summed E-state index contributed by atoms with van der Waals surface area (Å²) in [4.78, 5) is 13.9. The molecule has 124 valence electrons. The van der Waals surface area contributed by atoms with E-state index in [2.05, 4.69) is 39.0 Å². The van der Waals surface area contributed by atoms with Gasteiger partial charge in [-0.3, -0.25) is 0 Å². The minimum absolute atomic E-state index is 0.715. The molecule has 0 aliphatic carbocycles. The highest BCUT2D eigenvalue weighted by Crippen LogP contribution is 2.24. The first-order chi connectivity index (χ1) is 12.4. The molecule has 0 spiro atoms. The Kier molecular flexibility index (Phi) is 3.30. The number of benzene rings is 2. The Morgan fingerprint density at radius 2 is 1.40 bits per heavy atom. The molecule has 5 rings (SSSR count). The van der Waals surface area contributed by atoms with Crippen molar-refractivity contribution in [1.29, 1.82) is 0 Å². The molecular formula is C20H18N4O. The summed E-state index contributed by atoms with van der Waals surface area (Å²) in [6.45, 7) is 3.57. The van der Waals surface area contributed by atoms with Gasteiger partial charge in [-0.2, -0.15) is 4.98 Å². The van der Waals surface area contributed by atoms with E-state index >= 15 is 0 Å². The molecule has 1 fully saturated rings. The Bertz CT molecular complexity index is 1000. The molecule has 0 radical (unpaired) electrons. The molecule has 1 aliphatic heterocycles. The Balaban J connectivity index is 1.34. The van der Waals surface area contributed by atoms with Crippen molar-refractivity contribution in [3.05, 3.63) is 60.7 Å². The van der Waals surface area contributed by atoms with Crippen molar-refractivity contribution in [2.45, 2.75) is 0 Å². The molecule has 0 unspecified atom stereocenters. The number of hydrogen-bond donors (Lipinski definition) is 0. The number of fused-ring (bicyclic) bond motifs is 2. The number of rotatable bonds is 2. The van der Waals surface area contributed by atoms with Crippen molar-refractivity contribution in [3.8, 4) is 0 Å². The Morgan fingerprint density at radius 1 is 0.680 bits per heavy atom. The second kappa shape index (κ2) is 5.77. The van der Waals surface area contributed by atoms with Gasteiger partial charge in [-0.1, -0.05) is 30.3 Å². The molecular weight excluding hydrogens is 312 g/mol. The molecule has 1 saturated heterocycles. The molecule has 0 saturated carbocycles. The third-order valence-electron chi connectivity index (χ3n) is 4.74. The monoisotopic (exact) mass is 330 g/mol. The van der Waals surface area contributed by atoms with Gasteiger partial charge in [0, 0.05) is 31.6 Å². The molecule has 2 aromatic heterocycles. The van der Waals surface area contributed by atoms with E-state index in [1.165, 1.54) is 5.39 Å². The summed E-state index contributed by atoms with van der Waals surface area (Å²) in [6.07, 6.45) is 0. The first-order valence-electron chi connectivity index (χ1n) is 8.58. The maximum Gasteiger partial charge on any atom is 0.298 e. The third-order valence-corrected chi connectivity index (χ3v) is 4.74. The number of para-hydroxylation sites is 3. The van der Waals surface area contributed by atoms with Crippen LogP contribution in [0.15, 0.2) is 65.1 Å². The molecule has 5 nitrogen and oxygen atoms in total. The van der Waals surface area contributed by atoms with Crippen LogP contribution in [-0.2, 0) is 0 Å². The first kappa shape index (κ1) is 14.3. The minimum atomic E-state index is 0.715. The number of pyridine rings is 1. The van der Waals surface area contributed by atoms with Crippen LogP contribution in [0.2, 0.25) is 0 Å². The normalized spacial score (nSPS) is 15.2. The molecule has 3 heterocycles. The van der Waals surface area contributed by atoms with E-state index in [0.717, 1.165) is 48.6 Å². The van der Waals surface area contributed by atoms with Crippen LogP contribution < -0.4 is 9.80 Å². The number of aromatic nitrogens is 2. The fourth-order valence-electron chi connectivity index (χ4n) is 3.35. The van der Waals surface area contributed by atoms with Gasteiger partial charge >= 0.3 is 0 Å². The second-order valence-electron chi connectivity index (χ2n) is 6.30. The maximum atomic E-state index is 5.89. The van der Waals surface area contributed by atoms with E-state index in [0.29, 0.717) is 6.01 Å². The van der Waals surface area contributed by atoms with E-state index in [1.54, 1.807) is 0 Å². The molecule has 2 aromatic carbocycles. The van der Waals surface area contributed by atoms with Crippen LogP contribution >= 0.6 is 0 Å². The predicted molar refractivity (Wildman–Crippen MR) is 100 cm³/mol. The molecule has 0 N–H and O–H groups in total. The van der Waals surface area contributed by atoms with Crippen LogP contribution in [0, 0.1) is 0 Å². The van der Waals surface area contributed by atoms with E-state index in [-0.39, 0.29) is 0 Å². The summed E-state index contributed by atoms with van der Waals surface area (Å²) < 4.78 is 5.89. The molecule has 4 aromatic rings. The van der Waals surface area contributed by atoms with Crippen molar-refractivity contribution in [2.24, 2.45) is 0 Å². The highest BCUT2D eigenvalue weighted by molar-refractivity contribution is 5.80. The van der Waals surface area contributed by atoms with Gasteiger partial charge in [0.1, 0.15) is 11.3 Å². The van der Waals surface area contributed by atoms with Gasteiger partial charge in [0.15, 0.2) is 5.58 Å². The zero-order chi connectivity index (χ0) is 16.6. The second-order valence-corrected chi connectivity index (χ2v) is 6.30. The van der Waals surface area contributed by atoms with Crippen LogP contribution in [0.1, 0.15) is 0 Å². The smallest absolute Gasteiger partial charge is 0.298 e. The summed E-state index contributed by atoms with van der Waals surface area (Å²) in [6, 6.07) is 21.1. The molecule has 0 amide bonds. The van der Waals surface area contributed by atoms with Crippen molar-refractivity contribution in [1.82, 2.24) is 9.97 Å². The molecule has 0 bridgehead atoms.